The molecule has 0 spiro atoms. The van der Waals surface area contributed by atoms with E-state index in [2.05, 4.69) is 15.2 Å². The first-order chi connectivity index (χ1) is 11.8. The number of aromatic nitrogens is 1. The molecule has 2 aromatic heterocycles. The molecule has 0 saturated carbocycles. The highest BCUT2D eigenvalue weighted by Crippen LogP contribution is 2.26. The largest absolute Gasteiger partial charge is 0.378 e. The number of nitrogens with one attached hydrogen (secondary N) is 1. The Balaban J connectivity index is 1.47. The molecule has 1 aliphatic heterocycles. The van der Waals surface area contributed by atoms with Crippen LogP contribution in [-0.2, 0) is 4.74 Å². The third-order valence-corrected chi connectivity index (χ3v) is 5.10. The summed E-state index contributed by atoms with van der Waals surface area (Å²) in [4.78, 5) is 19.7. The van der Waals surface area contributed by atoms with Crippen LogP contribution in [0.15, 0.2) is 48.7 Å². The van der Waals surface area contributed by atoms with E-state index >= 15 is 0 Å². The molecular formula is C18H17N3O2S. The fourth-order valence-corrected chi connectivity index (χ4v) is 3.68. The first-order valence-corrected chi connectivity index (χ1v) is 8.70. The second-order valence-corrected chi connectivity index (χ2v) is 6.69. The molecule has 1 saturated heterocycles. The van der Waals surface area contributed by atoms with Crippen molar-refractivity contribution in [3.05, 3.63) is 53.5 Å². The Morgan fingerprint density at radius 1 is 1.17 bits per heavy atom. The summed E-state index contributed by atoms with van der Waals surface area (Å²) in [5, 5.41) is 4.01. The molecule has 0 atom stereocenters. The van der Waals surface area contributed by atoms with Crippen LogP contribution in [-0.4, -0.2) is 37.2 Å². The summed E-state index contributed by atoms with van der Waals surface area (Å²) in [7, 11) is 0. The van der Waals surface area contributed by atoms with Crippen molar-refractivity contribution in [3.63, 3.8) is 0 Å². The van der Waals surface area contributed by atoms with Crippen molar-refractivity contribution in [1.82, 2.24) is 4.98 Å². The first kappa shape index (κ1) is 15.1. The summed E-state index contributed by atoms with van der Waals surface area (Å²) >= 11 is 1.50. The van der Waals surface area contributed by atoms with Crippen LogP contribution in [0.25, 0.3) is 10.1 Å². The van der Waals surface area contributed by atoms with E-state index in [1.807, 2.05) is 42.5 Å². The monoisotopic (exact) mass is 339 g/mol. The highest BCUT2D eigenvalue weighted by atomic mass is 32.1. The molecule has 3 heterocycles. The number of rotatable bonds is 3. The zero-order valence-corrected chi connectivity index (χ0v) is 13.9. The van der Waals surface area contributed by atoms with Gasteiger partial charge in [-0.1, -0.05) is 18.2 Å². The normalized spacial score (nSPS) is 14.8. The number of benzene rings is 1. The van der Waals surface area contributed by atoms with Crippen molar-refractivity contribution in [2.24, 2.45) is 0 Å². The van der Waals surface area contributed by atoms with Gasteiger partial charge in [-0.25, -0.2) is 4.98 Å². The lowest BCUT2D eigenvalue weighted by Gasteiger charge is -2.27. The van der Waals surface area contributed by atoms with E-state index in [1.54, 1.807) is 6.20 Å². The van der Waals surface area contributed by atoms with Crippen molar-refractivity contribution in [2.75, 3.05) is 36.5 Å². The predicted molar refractivity (Wildman–Crippen MR) is 97.0 cm³/mol. The summed E-state index contributed by atoms with van der Waals surface area (Å²) < 4.78 is 6.46. The Bertz CT molecular complexity index is 821. The number of carbonyl (C=O) groups excluding carboxylic acids is 1. The summed E-state index contributed by atoms with van der Waals surface area (Å²) in [6, 6.07) is 13.7. The molecular weight excluding hydrogens is 322 g/mol. The van der Waals surface area contributed by atoms with Gasteiger partial charge in [0, 0.05) is 17.8 Å². The number of thiophene rings is 1. The summed E-state index contributed by atoms with van der Waals surface area (Å²) in [5.41, 5.74) is 0.703. The highest BCUT2D eigenvalue weighted by Gasteiger charge is 2.13. The summed E-state index contributed by atoms with van der Waals surface area (Å²) in [5.74, 6) is 0.815. The van der Waals surface area contributed by atoms with Gasteiger partial charge in [-0.2, -0.15) is 0 Å². The van der Waals surface area contributed by atoms with Crippen molar-refractivity contribution in [1.29, 1.82) is 0 Å². The van der Waals surface area contributed by atoms with Crippen LogP contribution in [0, 0.1) is 0 Å². The van der Waals surface area contributed by atoms with E-state index in [1.165, 1.54) is 11.3 Å². The molecule has 5 nitrogen and oxygen atoms in total. The SMILES string of the molecule is O=C(Nc1ccc(N2CCOCC2)nc1)c1cc2ccccc2s1. The van der Waals surface area contributed by atoms with Gasteiger partial charge in [-0.3, -0.25) is 4.79 Å². The molecule has 1 amide bonds. The molecule has 1 aliphatic rings. The average Bonchev–Trinajstić information content (AvgIpc) is 3.07. The van der Waals surface area contributed by atoms with Crippen molar-refractivity contribution >= 4 is 38.8 Å². The molecule has 1 aromatic carbocycles. The Morgan fingerprint density at radius 2 is 2.00 bits per heavy atom. The third kappa shape index (κ3) is 3.11. The number of morpholine rings is 1. The quantitative estimate of drug-likeness (QED) is 0.795. The number of fused-ring (bicyclic) bond motifs is 1. The topological polar surface area (TPSA) is 54.5 Å². The van der Waals surface area contributed by atoms with Crippen LogP contribution >= 0.6 is 11.3 Å². The minimum Gasteiger partial charge on any atom is -0.378 e. The van der Waals surface area contributed by atoms with Gasteiger partial charge in [-0.15, -0.1) is 11.3 Å². The molecule has 4 rings (SSSR count). The molecule has 1 N–H and O–H groups in total. The maximum Gasteiger partial charge on any atom is 0.265 e. The number of hydrogen-bond acceptors (Lipinski definition) is 5. The van der Waals surface area contributed by atoms with Gasteiger partial charge < -0.3 is 15.0 Å². The minimum absolute atomic E-state index is 0.0999. The molecule has 24 heavy (non-hydrogen) atoms. The molecule has 3 aromatic rings. The van der Waals surface area contributed by atoms with E-state index in [-0.39, 0.29) is 5.91 Å². The zero-order chi connectivity index (χ0) is 16.4. The van der Waals surface area contributed by atoms with Gasteiger partial charge >= 0.3 is 0 Å². The van der Waals surface area contributed by atoms with E-state index < -0.39 is 0 Å². The Kier molecular flexibility index (Phi) is 4.15. The van der Waals surface area contributed by atoms with E-state index in [0.29, 0.717) is 10.6 Å². The molecule has 0 aliphatic carbocycles. The summed E-state index contributed by atoms with van der Waals surface area (Å²) in [6.07, 6.45) is 1.70. The van der Waals surface area contributed by atoms with Crippen LogP contribution in [0.2, 0.25) is 0 Å². The number of ether oxygens (including phenoxy) is 1. The lowest BCUT2D eigenvalue weighted by molar-refractivity contribution is 0.103. The maximum absolute atomic E-state index is 12.4. The second-order valence-electron chi connectivity index (χ2n) is 5.61. The standard InChI is InChI=1S/C18H17N3O2S/c22-18(16-11-13-3-1-2-4-15(13)24-16)20-14-5-6-17(19-12-14)21-7-9-23-10-8-21/h1-6,11-12H,7-10H2,(H,20,22). The van der Waals surface area contributed by atoms with E-state index in [4.69, 9.17) is 4.74 Å². The molecule has 0 unspecified atom stereocenters. The lowest BCUT2D eigenvalue weighted by atomic mass is 10.2. The van der Waals surface area contributed by atoms with Gasteiger partial charge in [-0.05, 0) is 29.7 Å². The van der Waals surface area contributed by atoms with Gasteiger partial charge in [0.15, 0.2) is 0 Å². The van der Waals surface area contributed by atoms with Gasteiger partial charge in [0.1, 0.15) is 5.82 Å². The van der Waals surface area contributed by atoms with Gasteiger partial charge in [0.05, 0.1) is 30.0 Å². The third-order valence-electron chi connectivity index (χ3n) is 3.99. The number of pyridine rings is 1. The smallest absolute Gasteiger partial charge is 0.265 e. The van der Waals surface area contributed by atoms with E-state index in [0.717, 1.165) is 42.2 Å². The Hall–Kier alpha value is -2.44. The first-order valence-electron chi connectivity index (χ1n) is 7.88. The number of anilines is 2. The van der Waals surface area contributed by atoms with Crippen molar-refractivity contribution < 1.29 is 9.53 Å². The van der Waals surface area contributed by atoms with E-state index in [9.17, 15) is 4.79 Å². The fraction of sp³-hybridized carbons (Fsp3) is 0.222. The molecule has 1 fully saturated rings. The van der Waals surface area contributed by atoms with Gasteiger partial charge in [0.2, 0.25) is 0 Å². The second kappa shape index (κ2) is 6.59. The van der Waals surface area contributed by atoms with Crippen LogP contribution < -0.4 is 10.2 Å². The number of nitrogens with zero attached hydrogens (tertiary/aromatic N) is 2. The van der Waals surface area contributed by atoms with Crippen LogP contribution in [0.3, 0.4) is 0 Å². The molecule has 122 valence electrons. The number of hydrogen-bond donors (Lipinski definition) is 1. The minimum atomic E-state index is -0.0999. The predicted octanol–water partition coefficient (Wildman–Crippen LogP) is 3.39. The zero-order valence-electron chi connectivity index (χ0n) is 13.1. The summed E-state index contributed by atoms with van der Waals surface area (Å²) in [6.45, 7) is 3.15. The maximum atomic E-state index is 12.4. The molecule has 6 heteroatoms. The number of amides is 1. The Labute approximate surface area is 143 Å². The van der Waals surface area contributed by atoms with Crippen molar-refractivity contribution in [2.45, 2.75) is 0 Å². The Morgan fingerprint density at radius 3 is 2.75 bits per heavy atom. The van der Waals surface area contributed by atoms with Gasteiger partial charge in [0.25, 0.3) is 5.91 Å². The molecule has 0 radical (unpaired) electrons. The fourth-order valence-electron chi connectivity index (χ4n) is 2.73. The lowest BCUT2D eigenvalue weighted by Crippen LogP contribution is -2.36. The average molecular weight is 339 g/mol. The van der Waals surface area contributed by atoms with Crippen LogP contribution in [0.4, 0.5) is 11.5 Å². The highest BCUT2D eigenvalue weighted by molar-refractivity contribution is 7.20. The number of carbonyl (C=O) groups is 1. The van der Waals surface area contributed by atoms with Crippen LogP contribution in [0.1, 0.15) is 9.67 Å². The molecule has 0 bridgehead atoms. The van der Waals surface area contributed by atoms with Crippen LogP contribution in [0.5, 0.6) is 0 Å². The van der Waals surface area contributed by atoms with Crippen molar-refractivity contribution in [3.8, 4) is 0 Å².